The summed E-state index contributed by atoms with van der Waals surface area (Å²) in [7, 11) is 0. The highest BCUT2D eigenvalue weighted by Gasteiger charge is 2.11. The van der Waals surface area contributed by atoms with E-state index in [2.05, 4.69) is 9.97 Å². The van der Waals surface area contributed by atoms with Gasteiger partial charge in [-0.05, 0) is 29.7 Å². The smallest absolute Gasteiger partial charge is 0.303 e. The first kappa shape index (κ1) is 12.2. The first-order chi connectivity index (χ1) is 8.66. The molecule has 2 aromatic heterocycles. The van der Waals surface area contributed by atoms with Gasteiger partial charge < -0.3 is 5.11 Å². The third kappa shape index (κ3) is 2.91. The van der Waals surface area contributed by atoms with E-state index < -0.39 is 5.97 Å². The van der Waals surface area contributed by atoms with Crippen molar-refractivity contribution >= 4 is 5.97 Å². The summed E-state index contributed by atoms with van der Waals surface area (Å²) in [6, 6.07) is 7.62. The van der Waals surface area contributed by atoms with E-state index in [4.69, 9.17) is 5.11 Å². The summed E-state index contributed by atoms with van der Waals surface area (Å²) in [5.74, 6) is -0.857. The maximum atomic E-state index is 10.7. The Morgan fingerprint density at radius 2 is 2.22 bits per heavy atom. The van der Waals surface area contributed by atoms with E-state index in [0.717, 1.165) is 16.8 Å². The summed E-state index contributed by atoms with van der Waals surface area (Å²) >= 11 is 0. The monoisotopic (exact) mass is 242 g/mol. The van der Waals surface area contributed by atoms with Gasteiger partial charge in [-0.25, -0.2) is 0 Å². The molecule has 1 N–H and O–H groups in total. The Hall–Kier alpha value is -2.23. The zero-order valence-electron chi connectivity index (χ0n) is 10.1. The predicted octanol–water partition coefficient (Wildman–Crippen LogP) is 2.72. The minimum absolute atomic E-state index is 0.0568. The molecule has 0 aliphatic rings. The van der Waals surface area contributed by atoms with Crippen molar-refractivity contribution < 1.29 is 9.90 Å². The molecule has 1 unspecified atom stereocenters. The van der Waals surface area contributed by atoms with Gasteiger partial charge in [0.1, 0.15) is 0 Å². The molecule has 92 valence electrons. The lowest BCUT2D eigenvalue weighted by Gasteiger charge is -2.10. The van der Waals surface area contributed by atoms with E-state index in [1.54, 1.807) is 18.6 Å². The Bertz CT molecular complexity index is 541. The number of carboxylic acids is 1. The van der Waals surface area contributed by atoms with E-state index >= 15 is 0 Å². The third-order valence-electron chi connectivity index (χ3n) is 2.77. The zero-order chi connectivity index (χ0) is 13.0. The summed E-state index contributed by atoms with van der Waals surface area (Å²) in [6.07, 6.45) is 5.27. The second-order valence-electron chi connectivity index (χ2n) is 4.22. The van der Waals surface area contributed by atoms with Gasteiger partial charge in [0, 0.05) is 24.2 Å². The molecular weight excluding hydrogens is 228 g/mol. The van der Waals surface area contributed by atoms with Crippen LogP contribution < -0.4 is 0 Å². The Morgan fingerprint density at radius 3 is 2.89 bits per heavy atom. The minimum atomic E-state index is -0.800. The minimum Gasteiger partial charge on any atom is -0.481 e. The number of rotatable bonds is 4. The number of carboxylic acid groups (broad SMARTS) is 1. The fourth-order valence-corrected chi connectivity index (χ4v) is 1.78. The molecule has 2 rings (SSSR count). The van der Waals surface area contributed by atoms with Crippen molar-refractivity contribution in [2.75, 3.05) is 0 Å². The van der Waals surface area contributed by atoms with Crippen LogP contribution in [0.15, 0.2) is 42.9 Å². The Morgan fingerprint density at radius 1 is 1.39 bits per heavy atom. The van der Waals surface area contributed by atoms with Crippen molar-refractivity contribution in [1.29, 1.82) is 0 Å². The molecule has 2 aromatic rings. The first-order valence-electron chi connectivity index (χ1n) is 5.75. The van der Waals surface area contributed by atoms with Gasteiger partial charge in [-0.1, -0.05) is 13.0 Å². The van der Waals surface area contributed by atoms with E-state index in [1.165, 1.54) is 0 Å². The van der Waals surface area contributed by atoms with Gasteiger partial charge in [-0.3, -0.25) is 14.8 Å². The van der Waals surface area contributed by atoms with E-state index in [9.17, 15) is 4.79 Å². The average molecular weight is 242 g/mol. The van der Waals surface area contributed by atoms with Crippen molar-refractivity contribution in [1.82, 2.24) is 9.97 Å². The molecule has 2 heterocycles. The number of pyridine rings is 2. The number of hydrogen-bond donors (Lipinski definition) is 1. The van der Waals surface area contributed by atoms with Crippen LogP contribution in [0.5, 0.6) is 0 Å². The van der Waals surface area contributed by atoms with Crippen LogP contribution in [0.4, 0.5) is 0 Å². The van der Waals surface area contributed by atoms with Gasteiger partial charge in [0.05, 0.1) is 12.1 Å². The normalized spacial score (nSPS) is 12.1. The summed E-state index contributed by atoms with van der Waals surface area (Å²) in [6.45, 7) is 1.88. The van der Waals surface area contributed by atoms with Gasteiger partial charge in [0.15, 0.2) is 0 Å². The number of hydrogen-bond acceptors (Lipinski definition) is 3. The van der Waals surface area contributed by atoms with Crippen molar-refractivity contribution in [3.8, 4) is 11.3 Å². The van der Waals surface area contributed by atoms with Crippen LogP contribution in [0.3, 0.4) is 0 Å². The van der Waals surface area contributed by atoms with E-state index in [1.807, 2.05) is 31.2 Å². The molecule has 0 aromatic carbocycles. The third-order valence-corrected chi connectivity index (χ3v) is 2.77. The lowest BCUT2D eigenvalue weighted by Crippen LogP contribution is -2.03. The number of aromatic nitrogens is 2. The molecule has 18 heavy (non-hydrogen) atoms. The topological polar surface area (TPSA) is 63.1 Å². The second-order valence-corrected chi connectivity index (χ2v) is 4.22. The van der Waals surface area contributed by atoms with Crippen LogP contribution >= 0.6 is 0 Å². The summed E-state index contributed by atoms with van der Waals surface area (Å²) < 4.78 is 0. The van der Waals surface area contributed by atoms with Crippen LogP contribution in [0.25, 0.3) is 11.3 Å². The molecule has 0 saturated heterocycles. The molecule has 0 spiro atoms. The quantitative estimate of drug-likeness (QED) is 0.895. The van der Waals surface area contributed by atoms with Crippen molar-refractivity contribution in [3.05, 3.63) is 48.4 Å². The lowest BCUT2D eigenvalue weighted by molar-refractivity contribution is -0.137. The Kier molecular flexibility index (Phi) is 3.67. The maximum Gasteiger partial charge on any atom is 0.303 e. The molecule has 0 saturated carbocycles. The largest absolute Gasteiger partial charge is 0.481 e. The highest BCUT2D eigenvalue weighted by Crippen LogP contribution is 2.23. The summed E-state index contributed by atoms with van der Waals surface area (Å²) in [4.78, 5) is 19.1. The molecule has 0 fully saturated rings. The molecule has 1 atom stereocenters. The first-order valence-corrected chi connectivity index (χ1v) is 5.75. The van der Waals surface area contributed by atoms with E-state index in [0.29, 0.717) is 0 Å². The Labute approximate surface area is 105 Å². The second kappa shape index (κ2) is 5.40. The average Bonchev–Trinajstić information content (AvgIpc) is 2.39. The highest BCUT2D eigenvalue weighted by molar-refractivity contribution is 5.68. The summed E-state index contributed by atoms with van der Waals surface area (Å²) in [5, 5.41) is 8.80. The van der Waals surface area contributed by atoms with Gasteiger partial charge in [0.25, 0.3) is 0 Å². The molecule has 4 nitrogen and oxygen atoms in total. The van der Waals surface area contributed by atoms with Gasteiger partial charge in [-0.2, -0.15) is 0 Å². The standard InChI is InChI=1S/C14H14N2O2/c1-10(6-14(17)18)11-7-12(9-15-8-11)13-4-2-3-5-16-13/h2-5,7-10H,6H2,1H3,(H,17,18). The molecule has 0 amide bonds. The van der Waals surface area contributed by atoms with Gasteiger partial charge in [0.2, 0.25) is 0 Å². The van der Waals surface area contributed by atoms with Crippen molar-refractivity contribution in [2.24, 2.45) is 0 Å². The SMILES string of the molecule is CC(CC(=O)O)c1cncc(-c2ccccn2)c1. The van der Waals surface area contributed by atoms with Crippen LogP contribution in [-0.4, -0.2) is 21.0 Å². The zero-order valence-corrected chi connectivity index (χ0v) is 10.1. The molecule has 0 radical (unpaired) electrons. The van der Waals surface area contributed by atoms with Crippen LogP contribution in [0, 0.1) is 0 Å². The van der Waals surface area contributed by atoms with Crippen LogP contribution in [-0.2, 0) is 4.79 Å². The van der Waals surface area contributed by atoms with Gasteiger partial charge in [-0.15, -0.1) is 0 Å². The van der Waals surface area contributed by atoms with E-state index in [-0.39, 0.29) is 12.3 Å². The summed E-state index contributed by atoms with van der Waals surface area (Å²) in [5.41, 5.74) is 2.67. The lowest BCUT2D eigenvalue weighted by atomic mass is 9.98. The number of aliphatic carboxylic acids is 1. The van der Waals surface area contributed by atoms with Crippen LogP contribution in [0.2, 0.25) is 0 Å². The molecular formula is C14H14N2O2. The fourth-order valence-electron chi connectivity index (χ4n) is 1.78. The van der Waals surface area contributed by atoms with Crippen LogP contribution in [0.1, 0.15) is 24.8 Å². The molecule has 0 aliphatic carbocycles. The molecule has 0 aliphatic heterocycles. The van der Waals surface area contributed by atoms with Crippen molar-refractivity contribution in [3.63, 3.8) is 0 Å². The predicted molar refractivity (Wildman–Crippen MR) is 68.1 cm³/mol. The number of carbonyl (C=O) groups is 1. The highest BCUT2D eigenvalue weighted by atomic mass is 16.4. The Balaban J connectivity index is 2.28. The number of nitrogens with zero attached hydrogens (tertiary/aromatic N) is 2. The maximum absolute atomic E-state index is 10.7. The van der Waals surface area contributed by atoms with Crippen molar-refractivity contribution in [2.45, 2.75) is 19.3 Å². The fraction of sp³-hybridized carbons (Fsp3) is 0.214. The molecule has 4 heteroatoms. The van der Waals surface area contributed by atoms with Gasteiger partial charge >= 0.3 is 5.97 Å². The molecule has 0 bridgehead atoms.